The molecule has 1 rings (SSSR count). The lowest BCUT2D eigenvalue weighted by molar-refractivity contribution is 0.0683. The van der Waals surface area contributed by atoms with E-state index in [9.17, 15) is 4.79 Å². The fourth-order valence-electron chi connectivity index (χ4n) is 1.49. The summed E-state index contributed by atoms with van der Waals surface area (Å²) in [6.45, 7) is 4.61. The van der Waals surface area contributed by atoms with Crippen molar-refractivity contribution in [3.05, 3.63) is 24.0 Å². The Hall–Kier alpha value is -1.62. The van der Waals surface area contributed by atoms with Crippen LogP contribution in [0.2, 0.25) is 0 Å². The highest BCUT2D eigenvalue weighted by Crippen LogP contribution is 2.16. The summed E-state index contributed by atoms with van der Waals surface area (Å²) in [5, 5.41) is 12.3. The molecule has 0 aliphatic heterocycles. The molecule has 18 heavy (non-hydrogen) atoms. The molecule has 1 aromatic rings. The van der Waals surface area contributed by atoms with Crippen LogP contribution in [-0.2, 0) is 0 Å². The molecule has 5 heteroatoms. The van der Waals surface area contributed by atoms with E-state index in [0.717, 1.165) is 18.7 Å². The van der Waals surface area contributed by atoms with Gasteiger partial charge in [0, 0.05) is 19.8 Å². The molecule has 0 spiro atoms. The van der Waals surface area contributed by atoms with Crippen molar-refractivity contribution in [3.8, 4) is 0 Å². The quantitative estimate of drug-likeness (QED) is 0.801. The molecule has 1 aromatic heterocycles. The van der Waals surface area contributed by atoms with Gasteiger partial charge in [-0.1, -0.05) is 6.92 Å². The van der Waals surface area contributed by atoms with E-state index in [1.54, 1.807) is 32.4 Å². The van der Waals surface area contributed by atoms with Gasteiger partial charge in [0.25, 0.3) is 5.91 Å². The first-order valence-corrected chi connectivity index (χ1v) is 6.17. The van der Waals surface area contributed by atoms with Gasteiger partial charge in [-0.2, -0.15) is 0 Å². The molecule has 1 unspecified atom stereocenters. The number of aliphatic hydroxyl groups is 1. The van der Waals surface area contributed by atoms with E-state index >= 15 is 0 Å². The fourth-order valence-corrected chi connectivity index (χ4v) is 1.49. The van der Waals surface area contributed by atoms with Crippen LogP contribution in [0.25, 0.3) is 0 Å². The van der Waals surface area contributed by atoms with E-state index in [1.807, 2.05) is 0 Å². The monoisotopic (exact) mass is 251 g/mol. The third-order valence-corrected chi connectivity index (χ3v) is 2.86. The van der Waals surface area contributed by atoms with Crippen molar-refractivity contribution in [3.63, 3.8) is 0 Å². The fraction of sp³-hybridized carbons (Fsp3) is 0.538. The van der Waals surface area contributed by atoms with Crippen molar-refractivity contribution in [2.45, 2.75) is 26.3 Å². The maximum atomic E-state index is 12.3. The third kappa shape index (κ3) is 3.43. The molecule has 0 aromatic carbocycles. The highest BCUT2D eigenvalue weighted by Gasteiger charge is 2.19. The lowest BCUT2D eigenvalue weighted by Crippen LogP contribution is -2.37. The number of pyridine rings is 1. The van der Waals surface area contributed by atoms with Crippen LogP contribution >= 0.6 is 0 Å². The van der Waals surface area contributed by atoms with Crippen LogP contribution in [0.15, 0.2) is 18.5 Å². The van der Waals surface area contributed by atoms with Gasteiger partial charge in [-0.05, 0) is 19.4 Å². The number of likely N-dealkylation sites (N-methyl/N-ethyl adjacent to an activating group) is 1. The van der Waals surface area contributed by atoms with Gasteiger partial charge in [0.15, 0.2) is 0 Å². The largest absolute Gasteiger partial charge is 0.394 e. The lowest BCUT2D eigenvalue weighted by Gasteiger charge is -2.24. The van der Waals surface area contributed by atoms with Gasteiger partial charge in [-0.15, -0.1) is 0 Å². The molecule has 0 aliphatic rings. The van der Waals surface area contributed by atoms with Gasteiger partial charge < -0.3 is 15.3 Å². The van der Waals surface area contributed by atoms with E-state index in [4.69, 9.17) is 5.11 Å². The van der Waals surface area contributed by atoms with Crippen LogP contribution < -0.4 is 5.32 Å². The minimum absolute atomic E-state index is 0.0506. The van der Waals surface area contributed by atoms with Gasteiger partial charge in [0.05, 0.1) is 30.1 Å². The number of nitrogens with zero attached hydrogens (tertiary/aromatic N) is 2. The summed E-state index contributed by atoms with van der Waals surface area (Å²) in [7, 11) is 1.69. The standard InChI is InChI=1S/C13H21N3O2/c1-4-6-15-12-8-14-7-5-11(12)13(18)16(3)10(2)9-17/h5,7-8,10,15,17H,4,6,9H2,1-3H3. The molecule has 2 N–H and O–H groups in total. The summed E-state index contributed by atoms with van der Waals surface area (Å²) < 4.78 is 0. The zero-order chi connectivity index (χ0) is 13.5. The number of anilines is 1. The van der Waals surface area contributed by atoms with Crippen molar-refractivity contribution in [2.24, 2.45) is 0 Å². The van der Waals surface area contributed by atoms with E-state index in [2.05, 4.69) is 17.2 Å². The Bertz CT molecular complexity index is 396. The number of nitrogens with one attached hydrogen (secondary N) is 1. The van der Waals surface area contributed by atoms with Crippen LogP contribution in [0.5, 0.6) is 0 Å². The Morgan fingerprint density at radius 3 is 2.94 bits per heavy atom. The average molecular weight is 251 g/mol. The molecule has 0 saturated heterocycles. The second-order valence-corrected chi connectivity index (χ2v) is 4.30. The molecule has 5 nitrogen and oxygen atoms in total. The second kappa shape index (κ2) is 6.96. The number of rotatable bonds is 6. The number of aromatic nitrogens is 1. The van der Waals surface area contributed by atoms with Gasteiger partial charge >= 0.3 is 0 Å². The maximum Gasteiger partial charge on any atom is 0.256 e. The number of carbonyl (C=O) groups excluding carboxylic acids is 1. The molecule has 0 fully saturated rings. The molecule has 0 saturated carbocycles. The zero-order valence-corrected chi connectivity index (χ0v) is 11.2. The molecule has 100 valence electrons. The molecular weight excluding hydrogens is 230 g/mol. The Morgan fingerprint density at radius 1 is 1.61 bits per heavy atom. The molecular formula is C13H21N3O2. The average Bonchev–Trinajstić information content (AvgIpc) is 2.42. The Kier molecular flexibility index (Phi) is 5.58. The summed E-state index contributed by atoms with van der Waals surface area (Å²) in [5.41, 5.74) is 1.32. The van der Waals surface area contributed by atoms with Gasteiger partial charge in [0.2, 0.25) is 0 Å². The summed E-state index contributed by atoms with van der Waals surface area (Å²) in [6.07, 6.45) is 4.23. The first-order valence-electron chi connectivity index (χ1n) is 6.17. The van der Waals surface area contributed by atoms with E-state index in [1.165, 1.54) is 4.90 Å². The topological polar surface area (TPSA) is 65.5 Å². The summed E-state index contributed by atoms with van der Waals surface area (Å²) in [6, 6.07) is 1.49. The zero-order valence-electron chi connectivity index (χ0n) is 11.2. The van der Waals surface area contributed by atoms with Gasteiger partial charge in [0.1, 0.15) is 0 Å². The predicted molar refractivity (Wildman–Crippen MR) is 71.7 cm³/mol. The van der Waals surface area contributed by atoms with Crippen LogP contribution in [0, 0.1) is 0 Å². The Morgan fingerprint density at radius 2 is 2.33 bits per heavy atom. The molecule has 1 atom stereocenters. The van der Waals surface area contributed by atoms with E-state index in [0.29, 0.717) is 5.56 Å². The number of aliphatic hydroxyl groups excluding tert-OH is 1. The van der Waals surface area contributed by atoms with Gasteiger partial charge in [-0.25, -0.2) is 0 Å². The number of hydrogen-bond donors (Lipinski definition) is 2. The predicted octanol–water partition coefficient (Wildman–Crippen LogP) is 1.36. The Balaban J connectivity index is 2.90. The molecule has 0 bridgehead atoms. The SMILES string of the molecule is CCCNc1cnccc1C(=O)N(C)C(C)CO. The normalized spacial score (nSPS) is 12.0. The van der Waals surface area contributed by atoms with Crippen LogP contribution in [0.4, 0.5) is 5.69 Å². The van der Waals surface area contributed by atoms with Crippen molar-refractivity contribution >= 4 is 11.6 Å². The molecule has 0 aliphatic carbocycles. The van der Waals surface area contributed by atoms with E-state index < -0.39 is 0 Å². The smallest absolute Gasteiger partial charge is 0.256 e. The molecule has 1 amide bonds. The minimum Gasteiger partial charge on any atom is -0.394 e. The highest BCUT2D eigenvalue weighted by atomic mass is 16.3. The first kappa shape index (κ1) is 14.4. The molecule has 1 heterocycles. The van der Waals surface area contributed by atoms with Crippen LogP contribution in [0.1, 0.15) is 30.6 Å². The van der Waals surface area contributed by atoms with E-state index in [-0.39, 0.29) is 18.6 Å². The number of amides is 1. The number of carbonyl (C=O) groups is 1. The van der Waals surface area contributed by atoms with Crippen molar-refractivity contribution in [1.29, 1.82) is 0 Å². The van der Waals surface area contributed by atoms with Crippen molar-refractivity contribution < 1.29 is 9.90 Å². The second-order valence-electron chi connectivity index (χ2n) is 4.30. The van der Waals surface area contributed by atoms with Gasteiger partial charge in [-0.3, -0.25) is 9.78 Å². The van der Waals surface area contributed by atoms with Crippen molar-refractivity contribution in [2.75, 3.05) is 25.5 Å². The minimum atomic E-state index is -0.204. The lowest BCUT2D eigenvalue weighted by atomic mass is 10.1. The van der Waals surface area contributed by atoms with Crippen molar-refractivity contribution in [1.82, 2.24) is 9.88 Å². The van der Waals surface area contributed by atoms with Crippen LogP contribution in [-0.4, -0.2) is 47.1 Å². The maximum absolute atomic E-state index is 12.3. The molecule has 0 radical (unpaired) electrons. The first-order chi connectivity index (χ1) is 8.61. The third-order valence-electron chi connectivity index (χ3n) is 2.86. The summed E-state index contributed by atoms with van der Waals surface area (Å²) >= 11 is 0. The summed E-state index contributed by atoms with van der Waals surface area (Å²) in [4.78, 5) is 17.8. The number of hydrogen-bond acceptors (Lipinski definition) is 4. The highest BCUT2D eigenvalue weighted by molar-refractivity contribution is 5.99. The summed E-state index contributed by atoms with van der Waals surface area (Å²) in [5.74, 6) is -0.113. The van der Waals surface area contributed by atoms with Crippen LogP contribution in [0.3, 0.4) is 0 Å². The Labute approximate surface area is 108 Å².